The lowest BCUT2D eigenvalue weighted by molar-refractivity contribution is -0.384. The number of aromatic nitrogens is 1. The molecule has 1 fully saturated rings. The van der Waals surface area contributed by atoms with Gasteiger partial charge in [-0.2, -0.15) is 0 Å². The second-order valence-corrected chi connectivity index (χ2v) is 7.59. The average molecular weight is 420 g/mol. The van der Waals surface area contributed by atoms with Crippen LogP contribution in [0.3, 0.4) is 0 Å². The molecule has 8 heteroatoms. The quantitative estimate of drug-likeness (QED) is 0.374. The summed E-state index contributed by atoms with van der Waals surface area (Å²) in [5.41, 5.74) is -0.395. The van der Waals surface area contributed by atoms with Crippen LogP contribution in [0.4, 0.5) is 5.69 Å². The Morgan fingerprint density at radius 2 is 1.90 bits per heavy atom. The highest BCUT2D eigenvalue weighted by Crippen LogP contribution is 2.30. The summed E-state index contributed by atoms with van der Waals surface area (Å²) in [6.45, 7) is 4.75. The molecule has 2 aromatic carbocycles. The van der Waals surface area contributed by atoms with Crippen molar-refractivity contribution in [2.45, 2.75) is 25.8 Å². The van der Waals surface area contributed by atoms with Crippen LogP contribution in [-0.2, 0) is 0 Å². The van der Waals surface area contributed by atoms with Crippen molar-refractivity contribution in [3.8, 4) is 11.6 Å². The number of nitro groups is 1. The maximum atomic E-state index is 13.2. The Labute approximate surface area is 179 Å². The third-order valence-electron chi connectivity index (χ3n) is 5.86. The normalized spacial score (nSPS) is 17.0. The number of hydrogen-bond acceptors (Lipinski definition) is 6. The van der Waals surface area contributed by atoms with Crippen molar-refractivity contribution in [1.29, 1.82) is 0 Å². The van der Waals surface area contributed by atoms with Crippen molar-refractivity contribution in [3.05, 3.63) is 74.6 Å². The Bertz CT molecular complexity index is 1220. The number of fused-ring (bicyclic) bond motifs is 1. The first-order valence-corrected chi connectivity index (χ1v) is 10.4. The van der Waals surface area contributed by atoms with Gasteiger partial charge in [-0.1, -0.05) is 37.3 Å². The van der Waals surface area contributed by atoms with E-state index in [2.05, 4.69) is 16.8 Å². The fourth-order valence-corrected chi connectivity index (χ4v) is 4.30. The molecule has 0 spiro atoms. The van der Waals surface area contributed by atoms with Crippen LogP contribution < -0.4 is 5.56 Å². The van der Waals surface area contributed by atoms with Gasteiger partial charge in [0.05, 0.1) is 17.0 Å². The van der Waals surface area contributed by atoms with E-state index in [1.54, 1.807) is 36.5 Å². The first kappa shape index (κ1) is 20.7. The Hall–Kier alpha value is -3.52. The van der Waals surface area contributed by atoms with Gasteiger partial charge in [0.25, 0.3) is 11.2 Å². The van der Waals surface area contributed by atoms with Crippen molar-refractivity contribution in [2.75, 3.05) is 19.6 Å². The van der Waals surface area contributed by atoms with Crippen LogP contribution in [0, 0.1) is 10.1 Å². The topological polar surface area (TPSA) is 101 Å². The number of nitro benzene ring substituents is 1. The largest absolute Gasteiger partial charge is 0.494 e. The number of aromatic hydroxyl groups is 1. The molecular weight excluding hydrogens is 396 g/mol. The first-order chi connectivity index (χ1) is 15.0. The number of nitrogens with zero attached hydrogens (tertiary/aromatic N) is 4. The fraction of sp³-hybridized carbons (Fsp3) is 0.304. The van der Waals surface area contributed by atoms with E-state index in [0.29, 0.717) is 28.9 Å². The van der Waals surface area contributed by atoms with Crippen molar-refractivity contribution >= 4 is 22.7 Å². The smallest absolute Gasteiger partial charge is 0.293 e. The first-order valence-electron chi connectivity index (χ1n) is 10.4. The van der Waals surface area contributed by atoms with Crippen LogP contribution in [0.25, 0.3) is 16.5 Å². The van der Waals surface area contributed by atoms with E-state index in [4.69, 9.17) is 0 Å². The lowest BCUT2D eigenvalue weighted by Crippen LogP contribution is -2.31. The molecule has 0 unspecified atom stereocenters. The second-order valence-electron chi connectivity index (χ2n) is 7.59. The molecule has 3 aromatic rings. The molecule has 2 heterocycles. The average Bonchev–Trinajstić information content (AvgIpc) is 3.24. The predicted octanol–water partition coefficient (Wildman–Crippen LogP) is 3.51. The lowest BCUT2D eigenvalue weighted by atomic mass is 10.1. The highest BCUT2D eigenvalue weighted by Gasteiger charge is 2.24. The minimum atomic E-state index is -0.566. The molecule has 1 atom stereocenters. The molecule has 0 aliphatic carbocycles. The monoisotopic (exact) mass is 420 g/mol. The molecule has 31 heavy (non-hydrogen) atoms. The van der Waals surface area contributed by atoms with Crippen LogP contribution >= 0.6 is 0 Å². The summed E-state index contributed by atoms with van der Waals surface area (Å²) in [7, 11) is 0. The molecule has 1 aromatic heterocycles. The van der Waals surface area contributed by atoms with E-state index in [1.165, 1.54) is 18.2 Å². The number of likely N-dealkylation sites (N-methyl/N-ethyl adjacent to an activating group) is 1. The zero-order valence-corrected chi connectivity index (χ0v) is 17.3. The highest BCUT2D eigenvalue weighted by molar-refractivity contribution is 6.01. The number of para-hydroxylation sites is 2. The predicted molar refractivity (Wildman–Crippen MR) is 121 cm³/mol. The number of aliphatic imine (C=N–C) groups is 1. The van der Waals surface area contributed by atoms with Crippen molar-refractivity contribution in [2.24, 2.45) is 4.99 Å². The Morgan fingerprint density at radius 1 is 1.19 bits per heavy atom. The Morgan fingerprint density at radius 3 is 2.65 bits per heavy atom. The van der Waals surface area contributed by atoms with Crippen LogP contribution in [0.5, 0.6) is 5.88 Å². The zero-order chi connectivity index (χ0) is 22.0. The van der Waals surface area contributed by atoms with E-state index in [9.17, 15) is 20.0 Å². The SMILES string of the molecule is CCN1CCC[C@H]1CN=Cc1c(O)n(-c2ccccc2[N+](=O)[O-])c(=O)c2ccccc12. The van der Waals surface area contributed by atoms with E-state index in [-0.39, 0.29) is 17.3 Å². The summed E-state index contributed by atoms with van der Waals surface area (Å²) in [4.78, 5) is 31.1. The number of pyridine rings is 1. The summed E-state index contributed by atoms with van der Waals surface area (Å²) in [5.74, 6) is -0.361. The summed E-state index contributed by atoms with van der Waals surface area (Å²) < 4.78 is 0.996. The van der Waals surface area contributed by atoms with Gasteiger partial charge in [-0.3, -0.25) is 24.8 Å². The maximum Gasteiger partial charge on any atom is 0.293 e. The minimum absolute atomic E-state index is 0.0170. The van der Waals surface area contributed by atoms with Crippen LogP contribution in [0.2, 0.25) is 0 Å². The summed E-state index contributed by atoms with van der Waals surface area (Å²) in [6.07, 6.45) is 3.80. The van der Waals surface area contributed by atoms with Crippen molar-refractivity contribution in [1.82, 2.24) is 9.47 Å². The van der Waals surface area contributed by atoms with E-state index >= 15 is 0 Å². The number of benzene rings is 2. The lowest BCUT2D eigenvalue weighted by Gasteiger charge is -2.20. The Kier molecular flexibility index (Phi) is 5.81. The summed E-state index contributed by atoms with van der Waals surface area (Å²) >= 11 is 0. The van der Waals surface area contributed by atoms with Gasteiger partial charge >= 0.3 is 0 Å². The molecule has 160 valence electrons. The summed E-state index contributed by atoms with van der Waals surface area (Å²) in [5, 5.41) is 23.5. The highest BCUT2D eigenvalue weighted by atomic mass is 16.6. The molecule has 0 radical (unpaired) electrons. The molecule has 4 rings (SSSR count). The van der Waals surface area contributed by atoms with E-state index in [1.807, 2.05) is 0 Å². The molecule has 1 saturated heterocycles. The second kappa shape index (κ2) is 8.69. The van der Waals surface area contributed by atoms with Crippen LogP contribution in [0.1, 0.15) is 25.3 Å². The standard InChI is InChI=1S/C23H24N4O4/c1-2-25-13-7-8-16(25)14-24-15-19-17-9-3-4-10-18(17)22(28)26(23(19)29)20-11-5-6-12-21(20)27(30)31/h3-6,9-12,15-16,29H,2,7-8,13-14H2,1H3/t16-/m0/s1. The van der Waals surface area contributed by atoms with Gasteiger partial charge in [-0.15, -0.1) is 0 Å². The molecule has 8 nitrogen and oxygen atoms in total. The fourth-order valence-electron chi connectivity index (χ4n) is 4.30. The molecule has 0 bridgehead atoms. The van der Waals surface area contributed by atoms with Crippen molar-refractivity contribution in [3.63, 3.8) is 0 Å². The molecular formula is C23H24N4O4. The van der Waals surface area contributed by atoms with E-state index in [0.717, 1.165) is 30.5 Å². The van der Waals surface area contributed by atoms with Gasteiger partial charge in [-0.05, 0) is 38.1 Å². The number of hydrogen-bond donors (Lipinski definition) is 1. The summed E-state index contributed by atoms with van der Waals surface area (Å²) in [6, 6.07) is 13.1. The molecule has 0 amide bonds. The van der Waals surface area contributed by atoms with Crippen LogP contribution in [-0.4, -0.2) is 51.4 Å². The van der Waals surface area contributed by atoms with Gasteiger partial charge in [0.2, 0.25) is 5.88 Å². The third-order valence-corrected chi connectivity index (χ3v) is 5.86. The Balaban J connectivity index is 1.86. The van der Waals surface area contributed by atoms with Crippen LogP contribution in [0.15, 0.2) is 58.3 Å². The molecule has 1 N–H and O–H groups in total. The van der Waals surface area contributed by atoms with E-state index < -0.39 is 10.5 Å². The third kappa shape index (κ3) is 3.82. The molecule has 1 aliphatic rings. The zero-order valence-electron chi connectivity index (χ0n) is 17.3. The molecule has 0 saturated carbocycles. The van der Waals surface area contributed by atoms with Gasteiger partial charge < -0.3 is 5.11 Å². The van der Waals surface area contributed by atoms with Gasteiger partial charge in [0, 0.05) is 29.1 Å². The van der Waals surface area contributed by atoms with Gasteiger partial charge in [-0.25, -0.2) is 4.57 Å². The van der Waals surface area contributed by atoms with Crippen molar-refractivity contribution < 1.29 is 10.0 Å². The number of rotatable bonds is 6. The minimum Gasteiger partial charge on any atom is -0.494 e. The van der Waals surface area contributed by atoms with Gasteiger partial charge in [0.15, 0.2) is 0 Å². The van der Waals surface area contributed by atoms with Gasteiger partial charge in [0.1, 0.15) is 5.69 Å². The number of likely N-dealkylation sites (tertiary alicyclic amines) is 1. The molecule has 1 aliphatic heterocycles. The maximum absolute atomic E-state index is 13.2.